The van der Waals surface area contributed by atoms with Crippen molar-refractivity contribution in [2.24, 2.45) is 0 Å². The molecule has 2 aliphatic rings. The minimum Gasteiger partial charge on any atom is -0.497 e. The second kappa shape index (κ2) is 6.02. The van der Waals surface area contributed by atoms with Gasteiger partial charge in [-0.3, -0.25) is 0 Å². The highest BCUT2D eigenvalue weighted by molar-refractivity contribution is 9.10. The standard InChI is InChI=1S/C16H17BrNO2/c1-19-13-4-2-3-11(7-13)15-6-5-12(17)8-16(15)20-14-9-18-10-14/h3-8,14,18H,2,9-10H2,1H3. The quantitative estimate of drug-likeness (QED) is 0.916. The number of methoxy groups -OCH3 is 1. The zero-order valence-corrected chi connectivity index (χ0v) is 12.9. The van der Waals surface area contributed by atoms with Gasteiger partial charge in [-0.15, -0.1) is 0 Å². The van der Waals surface area contributed by atoms with E-state index in [1.807, 2.05) is 12.1 Å². The van der Waals surface area contributed by atoms with Crippen LogP contribution in [0.25, 0.3) is 5.57 Å². The fourth-order valence-corrected chi connectivity index (χ4v) is 2.60. The fourth-order valence-electron chi connectivity index (χ4n) is 2.26. The highest BCUT2D eigenvalue weighted by atomic mass is 79.9. The van der Waals surface area contributed by atoms with E-state index >= 15 is 0 Å². The molecule has 1 N–H and O–H groups in total. The van der Waals surface area contributed by atoms with E-state index in [0.717, 1.165) is 46.6 Å². The first-order valence-electron chi connectivity index (χ1n) is 6.72. The summed E-state index contributed by atoms with van der Waals surface area (Å²) >= 11 is 3.51. The Hall–Kier alpha value is -1.26. The molecule has 1 radical (unpaired) electrons. The molecule has 1 aliphatic heterocycles. The Bertz CT molecular complexity index is 562. The number of rotatable bonds is 4. The molecular weight excluding hydrogens is 318 g/mol. The minimum absolute atomic E-state index is 0.268. The van der Waals surface area contributed by atoms with Crippen LogP contribution < -0.4 is 10.1 Å². The molecule has 1 aliphatic carbocycles. The van der Waals surface area contributed by atoms with Gasteiger partial charge in [0.1, 0.15) is 17.6 Å². The molecule has 1 saturated heterocycles. The second-order valence-electron chi connectivity index (χ2n) is 4.89. The zero-order valence-electron chi connectivity index (χ0n) is 11.4. The van der Waals surface area contributed by atoms with Gasteiger partial charge in [0.2, 0.25) is 0 Å². The van der Waals surface area contributed by atoms with Crippen LogP contribution in [0.3, 0.4) is 0 Å². The van der Waals surface area contributed by atoms with Crippen molar-refractivity contribution >= 4 is 21.5 Å². The number of benzene rings is 1. The molecule has 0 aromatic heterocycles. The van der Waals surface area contributed by atoms with E-state index in [1.165, 1.54) is 0 Å². The van der Waals surface area contributed by atoms with Crippen molar-refractivity contribution in [3.8, 4) is 5.75 Å². The molecule has 0 amide bonds. The summed E-state index contributed by atoms with van der Waals surface area (Å²) in [5.74, 6) is 1.83. The fraction of sp³-hybridized carbons (Fsp3) is 0.312. The van der Waals surface area contributed by atoms with Gasteiger partial charge in [0, 0.05) is 23.1 Å². The summed E-state index contributed by atoms with van der Waals surface area (Å²) in [5.41, 5.74) is 2.27. The third-order valence-corrected chi connectivity index (χ3v) is 3.98. The lowest BCUT2D eigenvalue weighted by atomic mass is 9.96. The Labute approximate surface area is 127 Å². The number of hydrogen-bond donors (Lipinski definition) is 1. The van der Waals surface area contributed by atoms with Crippen molar-refractivity contribution in [1.82, 2.24) is 5.32 Å². The van der Waals surface area contributed by atoms with E-state index in [4.69, 9.17) is 9.47 Å². The van der Waals surface area contributed by atoms with E-state index in [-0.39, 0.29) is 6.10 Å². The molecule has 1 aromatic carbocycles. The van der Waals surface area contributed by atoms with Crippen molar-refractivity contribution in [2.75, 3.05) is 20.2 Å². The largest absolute Gasteiger partial charge is 0.497 e. The molecule has 0 spiro atoms. The molecule has 3 rings (SSSR count). The Morgan fingerprint density at radius 3 is 2.85 bits per heavy atom. The first-order chi connectivity index (χ1) is 9.76. The lowest BCUT2D eigenvalue weighted by Crippen LogP contribution is -2.50. The molecular formula is C16H17BrNO2. The van der Waals surface area contributed by atoms with E-state index in [2.05, 4.69) is 45.9 Å². The monoisotopic (exact) mass is 334 g/mol. The van der Waals surface area contributed by atoms with Crippen molar-refractivity contribution in [3.05, 3.63) is 52.6 Å². The van der Waals surface area contributed by atoms with Gasteiger partial charge >= 0.3 is 0 Å². The van der Waals surface area contributed by atoms with Gasteiger partial charge in [0.25, 0.3) is 0 Å². The van der Waals surface area contributed by atoms with Gasteiger partial charge in [-0.2, -0.15) is 0 Å². The summed E-state index contributed by atoms with van der Waals surface area (Å²) in [5, 5.41) is 3.22. The minimum atomic E-state index is 0.268. The maximum absolute atomic E-state index is 6.07. The van der Waals surface area contributed by atoms with Gasteiger partial charge in [0.15, 0.2) is 0 Å². The molecule has 105 valence electrons. The summed E-state index contributed by atoms with van der Waals surface area (Å²) in [7, 11) is 1.70. The van der Waals surface area contributed by atoms with E-state index in [1.54, 1.807) is 7.11 Å². The van der Waals surface area contributed by atoms with Crippen molar-refractivity contribution in [3.63, 3.8) is 0 Å². The van der Waals surface area contributed by atoms with Gasteiger partial charge in [-0.25, -0.2) is 0 Å². The third-order valence-electron chi connectivity index (χ3n) is 3.48. The Morgan fingerprint density at radius 1 is 1.30 bits per heavy atom. The van der Waals surface area contributed by atoms with E-state index in [0.29, 0.717) is 0 Å². The topological polar surface area (TPSA) is 30.5 Å². The van der Waals surface area contributed by atoms with Crippen molar-refractivity contribution in [2.45, 2.75) is 12.5 Å². The highest BCUT2D eigenvalue weighted by Crippen LogP contribution is 2.35. The smallest absolute Gasteiger partial charge is 0.128 e. The second-order valence-corrected chi connectivity index (χ2v) is 5.80. The molecule has 0 unspecified atom stereocenters. The lowest BCUT2D eigenvalue weighted by molar-refractivity contribution is 0.142. The number of hydrogen-bond acceptors (Lipinski definition) is 3. The summed E-state index contributed by atoms with van der Waals surface area (Å²) in [4.78, 5) is 0. The maximum atomic E-state index is 6.07. The normalized spacial score (nSPS) is 18.9. The molecule has 0 bridgehead atoms. The first-order valence-corrected chi connectivity index (χ1v) is 7.52. The van der Waals surface area contributed by atoms with Crippen LogP contribution in [0.15, 0.2) is 40.6 Å². The zero-order chi connectivity index (χ0) is 13.9. The van der Waals surface area contributed by atoms with E-state index < -0.39 is 0 Å². The molecule has 20 heavy (non-hydrogen) atoms. The van der Waals surface area contributed by atoms with Gasteiger partial charge in [-0.05, 0) is 48.8 Å². The predicted molar refractivity (Wildman–Crippen MR) is 83.4 cm³/mol. The molecule has 4 heteroatoms. The molecule has 0 atom stereocenters. The third kappa shape index (κ3) is 2.91. The van der Waals surface area contributed by atoms with Gasteiger partial charge < -0.3 is 14.8 Å². The molecule has 0 saturated carbocycles. The molecule has 1 aromatic rings. The maximum Gasteiger partial charge on any atom is 0.128 e. The first kappa shape index (κ1) is 13.7. The summed E-state index contributed by atoms with van der Waals surface area (Å²) in [6, 6.07) is 6.17. The van der Waals surface area contributed by atoms with Crippen LogP contribution >= 0.6 is 15.9 Å². The number of ether oxygens (including phenoxy) is 2. The van der Waals surface area contributed by atoms with E-state index in [9.17, 15) is 0 Å². The molecule has 1 heterocycles. The Morgan fingerprint density at radius 2 is 2.15 bits per heavy atom. The van der Waals surface area contributed by atoms with Gasteiger partial charge in [0.05, 0.1) is 7.11 Å². The van der Waals surface area contributed by atoms with Crippen LogP contribution in [-0.4, -0.2) is 26.3 Å². The van der Waals surface area contributed by atoms with Crippen molar-refractivity contribution < 1.29 is 9.47 Å². The molecule has 1 fully saturated rings. The van der Waals surface area contributed by atoms with Crippen molar-refractivity contribution in [1.29, 1.82) is 0 Å². The van der Waals surface area contributed by atoms with Crippen LogP contribution in [0.1, 0.15) is 12.0 Å². The number of nitrogens with one attached hydrogen (secondary N) is 1. The summed E-state index contributed by atoms with van der Waals surface area (Å²) in [6.07, 6.45) is 7.47. The van der Waals surface area contributed by atoms with Crippen LogP contribution in [0.2, 0.25) is 0 Å². The Balaban J connectivity index is 1.91. The SMILES string of the molecule is COC1=CC[CH]C(c2ccc(Br)cc2OC2CNC2)=C1. The lowest BCUT2D eigenvalue weighted by Gasteiger charge is -2.29. The van der Waals surface area contributed by atoms with Gasteiger partial charge in [-0.1, -0.05) is 15.9 Å². The average Bonchev–Trinajstić information content (AvgIpc) is 2.43. The van der Waals surface area contributed by atoms with Crippen LogP contribution in [0.5, 0.6) is 5.75 Å². The number of allylic oxidation sites excluding steroid dienone is 3. The summed E-state index contributed by atoms with van der Waals surface area (Å²) < 4.78 is 12.4. The predicted octanol–water partition coefficient (Wildman–Crippen LogP) is 3.32. The average molecular weight is 335 g/mol. The summed E-state index contributed by atoms with van der Waals surface area (Å²) in [6.45, 7) is 1.83. The highest BCUT2D eigenvalue weighted by Gasteiger charge is 2.21. The Kier molecular flexibility index (Phi) is 4.13. The van der Waals surface area contributed by atoms with Crippen LogP contribution in [0, 0.1) is 6.42 Å². The van der Waals surface area contributed by atoms with Crippen LogP contribution in [0.4, 0.5) is 0 Å². The van der Waals surface area contributed by atoms with Crippen LogP contribution in [-0.2, 0) is 4.74 Å². The number of halogens is 1. The molecule has 3 nitrogen and oxygen atoms in total.